The van der Waals surface area contributed by atoms with Gasteiger partial charge in [0.25, 0.3) is 0 Å². The average molecular weight is 300 g/mol. The number of nitrogens with one attached hydrogen (secondary N) is 1. The molecule has 1 aliphatic rings. The summed E-state index contributed by atoms with van der Waals surface area (Å²) in [5.74, 6) is 0.853. The van der Waals surface area contributed by atoms with Crippen molar-refractivity contribution in [2.24, 2.45) is 5.92 Å². The number of benzene rings is 1. The molecule has 1 nitrogen and oxygen atoms in total. The van der Waals surface area contributed by atoms with Gasteiger partial charge in [0, 0.05) is 16.1 Å². The molecular weight excluding hydrogens is 277 g/mol. The summed E-state index contributed by atoms with van der Waals surface area (Å²) in [4.78, 5) is 0. The zero-order valence-corrected chi connectivity index (χ0v) is 13.1. The van der Waals surface area contributed by atoms with Crippen LogP contribution < -0.4 is 5.32 Å². The lowest BCUT2D eigenvalue weighted by molar-refractivity contribution is 0.346. The summed E-state index contributed by atoms with van der Waals surface area (Å²) in [6.45, 7) is 3.24. The number of hydrogen-bond acceptors (Lipinski definition) is 1. The Morgan fingerprint density at radius 3 is 2.63 bits per heavy atom. The highest BCUT2D eigenvalue weighted by Gasteiger charge is 2.24. The second kappa shape index (κ2) is 7.52. The predicted octanol–water partition coefficient (Wildman–Crippen LogP) is 5.09. The molecule has 0 amide bonds. The van der Waals surface area contributed by atoms with Gasteiger partial charge in [0.15, 0.2) is 0 Å². The summed E-state index contributed by atoms with van der Waals surface area (Å²) >= 11 is 12.2. The molecule has 1 aromatic carbocycles. The van der Waals surface area contributed by atoms with Crippen molar-refractivity contribution in [3.8, 4) is 0 Å². The SMILES string of the molecule is CCNC(CCc1ccc(Cl)cc1Cl)C1CCCC1. The molecule has 0 radical (unpaired) electrons. The molecule has 1 N–H and O–H groups in total. The van der Waals surface area contributed by atoms with Crippen molar-refractivity contribution in [3.63, 3.8) is 0 Å². The van der Waals surface area contributed by atoms with E-state index in [0.29, 0.717) is 11.1 Å². The van der Waals surface area contributed by atoms with Crippen LogP contribution in [0.1, 0.15) is 44.6 Å². The lowest BCUT2D eigenvalue weighted by Crippen LogP contribution is -2.35. The minimum atomic E-state index is 0.638. The van der Waals surface area contributed by atoms with E-state index in [2.05, 4.69) is 18.3 Å². The molecular formula is C16H23Cl2N. The van der Waals surface area contributed by atoms with Crippen LogP contribution in [0.3, 0.4) is 0 Å². The fourth-order valence-corrected chi connectivity index (χ4v) is 3.66. The zero-order valence-electron chi connectivity index (χ0n) is 11.6. The van der Waals surface area contributed by atoms with Crippen LogP contribution >= 0.6 is 23.2 Å². The highest BCUT2D eigenvalue weighted by molar-refractivity contribution is 6.35. The van der Waals surface area contributed by atoms with Crippen molar-refractivity contribution in [1.82, 2.24) is 5.32 Å². The molecule has 1 atom stereocenters. The van der Waals surface area contributed by atoms with E-state index in [1.807, 2.05) is 12.1 Å². The molecule has 0 saturated heterocycles. The molecule has 1 aliphatic carbocycles. The molecule has 0 spiro atoms. The van der Waals surface area contributed by atoms with Crippen molar-refractivity contribution < 1.29 is 0 Å². The minimum absolute atomic E-state index is 0.638. The quantitative estimate of drug-likeness (QED) is 0.771. The molecule has 1 unspecified atom stereocenters. The lowest BCUT2D eigenvalue weighted by Gasteiger charge is -2.24. The number of halogens is 2. The summed E-state index contributed by atoms with van der Waals surface area (Å²) in [5.41, 5.74) is 1.21. The summed E-state index contributed by atoms with van der Waals surface area (Å²) in [6, 6.07) is 6.47. The third-order valence-electron chi connectivity index (χ3n) is 4.17. The molecule has 2 rings (SSSR count). The van der Waals surface area contributed by atoms with Gasteiger partial charge < -0.3 is 5.32 Å². The van der Waals surface area contributed by atoms with Crippen LogP contribution in [0.4, 0.5) is 0 Å². The van der Waals surface area contributed by atoms with Crippen LogP contribution in [0.2, 0.25) is 10.0 Å². The van der Waals surface area contributed by atoms with Crippen LogP contribution in [0.25, 0.3) is 0 Å². The molecule has 0 bridgehead atoms. The van der Waals surface area contributed by atoms with Crippen molar-refractivity contribution in [2.45, 2.75) is 51.5 Å². The maximum atomic E-state index is 6.24. The number of aryl methyl sites for hydroxylation is 1. The summed E-state index contributed by atoms with van der Waals surface area (Å²) in [7, 11) is 0. The van der Waals surface area contributed by atoms with Gasteiger partial charge >= 0.3 is 0 Å². The predicted molar refractivity (Wildman–Crippen MR) is 84.2 cm³/mol. The maximum Gasteiger partial charge on any atom is 0.0452 e. The van der Waals surface area contributed by atoms with Gasteiger partial charge in [-0.25, -0.2) is 0 Å². The smallest absolute Gasteiger partial charge is 0.0452 e. The van der Waals surface area contributed by atoms with E-state index in [9.17, 15) is 0 Å². The standard InChI is InChI=1S/C16H23Cl2N/c1-2-19-16(13-5-3-4-6-13)10-8-12-7-9-14(17)11-15(12)18/h7,9,11,13,16,19H,2-6,8,10H2,1H3. The summed E-state index contributed by atoms with van der Waals surface area (Å²) < 4.78 is 0. The van der Waals surface area contributed by atoms with Crippen molar-refractivity contribution in [2.75, 3.05) is 6.54 Å². The molecule has 1 saturated carbocycles. The maximum absolute atomic E-state index is 6.24. The molecule has 0 heterocycles. The Bertz CT molecular complexity index is 400. The molecule has 19 heavy (non-hydrogen) atoms. The van der Waals surface area contributed by atoms with Gasteiger partial charge in [-0.05, 0) is 55.8 Å². The van der Waals surface area contributed by atoms with Gasteiger partial charge in [0.2, 0.25) is 0 Å². The third kappa shape index (κ3) is 4.37. The number of hydrogen-bond donors (Lipinski definition) is 1. The van der Waals surface area contributed by atoms with Gasteiger partial charge in [-0.15, -0.1) is 0 Å². The average Bonchev–Trinajstić information content (AvgIpc) is 2.90. The summed E-state index contributed by atoms with van der Waals surface area (Å²) in [6.07, 6.45) is 7.75. The van der Waals surface area contributed by atoms with Gasteiger partial charge in [0.05, 0.1) is 0 Å². The van der Waals surface area contributed by atoms with E-state index >= 15 is 0 Å². The van der Waals surface area contributed by atoms with Crippen LogP contribution in [0.15, 0.2) is 18.2 Å². The Balaban J connectivity index is 1.93. The largest absolute Gasteiger partial charge is 0.314 e. The molecule has 106 valence electrons. The molecule has 3 heteroatoms. The van der Waals surface area contributed by atoms with E-state index < -0.39 is 0 Å². The summed E-state index contributed by atoms with van der Waals surface area (Å²) in [5, 5.41) is 5.17. The first kappa shape index (κ1) is 15.2. The first-order chi connectivity index (χ1) is 9.20. The van der Waals surface area contributed by atoms with Gasteiger partial charge in [-0.3, -0.25) is 0 Å². The second-order valence-electron chi connectivity index (χ2n) is 5.48. The van der Waals surface area contributed by atoms with Gasteiger partial charge in [-0.2, -0.15) is 0 Å². The Hall–Kier alpha value is -0.240. The van der Waals surface area contributed by atoms with E-state index in [1.165, 1.54) is 37.7 Å². The lowest BCUT2D eigenvalue weighted by atomic mass is 9.92. The van der Waals surface area contributed by atoms with Crippen molar-refractivity contribution in [3.05, 3.63) is 33.8 Å². The molecule has 1 fully saturated rings. The van der Waals surface area contributed by atoms with Crippen molar-refractivity contribution in [1.29, 1.82) is 0 Å². The van der Waals surface area contributed by atoms with E-state index in [-0.39, 0.29) is 0 Å². The van der Waals surface area contributed by atoms with E-state index in [0.717, 1.165) is 23.9 Å². The molecule has 1 aromatic rings. The second-order valence-corrected chi connectivity index (χ2v) is 6.33. The van der Waals surface area contributed by atoms with Crippen LogP contribution in [-0.2, 0) is 6.42 Å². The highest BCUT2D eigenvalue weighted by Crippen LogP contribution is 2.30. The Morgan fingerprint density at radius 2 is 2.00 bits per heavy atom. The van der Waals surface area contributed by atoms with Crippen LogP contribution in [0, 0.1) is 5.92 Å². The first-order valence-corrected chi connectivity index (χ1v) is 8.13. The van der Waals surface area contributed by atoms with Crippen LogP contribution in [0.5, 0.6) is 0 Å². The fourth-order valence-electron chi connectivity index (χ4n) is 3.16. The minimum Gasteiger partial charge on any atom is -0.314 e. The third-order valence-corrected chi connectivity index (χ3v) is 4.76. The van der Waals surface area contributed by atoms with Gasteiger partial charge in [-0.1, -0.05) is 49.0 Å². The van der Waals surface area contributed by atoms with Gasteiger partial charge in [0.1, 0.15) is 0 Å². The fraction of sp³-hybridized carbons (Fsp3) is 0.625. The van der Waals surface area contributed by atoms with E-state index in [1.54, 1.807) is 0 Å². The highest BCUT2D eigenvalue weighted by atomic mass is 35.5. The van der Waals surface area contributed by atoms with E-state index in [4.69, 9.17) is 23.2 Å². The topological polar surface area (TPSA) is 12.0 Å². The monoisotopic (exact) mass is 299 g/mol. The first-order valence-electron chi connectivity index (χ1n) is 7.38. The normalized spacial score (nSPS) is 17.8. The zero-order chi connectivity index (χ0) is 13.7. The number of rotatable bonds is 6. The molecule has 0 aromatic heterocycles. The Kier molecular flexibility index (Phi) is 6.00. The van der Waals surface area contributed by atoms with Crippen LogP contribution in [-0.4, -0.2) is 12.6 Å². The molecule has 0 aliphatic heterocycles. The van der Waals surface area contributed by atoms with Crippen molar-refractivity contribution >= 4 is 23.2 Å². The Morgan fingerprint density at radius 1 is 1.26 bits per heavy atom. The Labute approximate surface area is 126 Å².